The van der Waals surface area contributed by atoms with Crippen molar-refractivity contribution in [1.29, 1.82) is 0 Å². The highest BCUT2D eigenvalue weighted by Gasteiger charge is 2.24. The fourth-order valence-electron chi connectivity index (χ4n) is 1.98. The predicted octanol–water partition coefficient (Wildman–Crippen LogP) is 2.77. The first-order valence-electron chi connectivity index (χ1n) is 5.21. The second kappa shape index (κ2) is 5.19. The molecule has 14 heavy (non-hydrogen) atoms. The molecule has 0 saturated carbocycles. The van der Waals surface area contributed by atoms with Crippen LogP contribution in [0.5, 0.6) is 0 Å². The first-order chi connectivity index (χ1) is 6.90. The molecule has 1 nitrogen and oxygen atoms in total. The molecule has 0 amide bonds. The molecule has 0 aromatic carbocycles. The molecule has 78 valence electrons. The van der Waals surface area contributed by atoms with Crippen molar-refractivity contribution in [3.63, 3.8) is 0 Å². The summed E-state index contributed by atoms with van der Waals surface area (Å²) in [5.41, 5.74) is 0. The van der Waals surface area contributed by atoms with Crippen LogP contribution in [0.25, 0.3) is 0 Å². The Labute approximate surface area is 94.3 Å². The van der Waals surface area contributed by atoms with Gasteiger partial charge in [0.1, 0.15) is 0 Å². The third kappa shape index (κ3) is 2.53. The SMILES string of the molecule is CNC(Cc1cccs1)C1CCCS1. The molecule has 1 aromatic rings. The van der Waals surface area contributed by atoms with Gasteiger partial charge in [0.2, 0.25) is 0 Å². The van der Waals surface area contributed by atoms with Crippen LogP contribution in [-0.4, -0.2) is 24.1 Å². The zero-order valence-electron chi connectivity index (χ0n) is 8.53. The van der Waals surface area contributed by atoms with E-state index in [-0.39, 0.29) is 0 Å². The van der Waals surface area contributed by atoms with Gasteiger partial charge in [0.15, 0.2) is 0 Å². The van der Waals surface area contributed by atoms with E-state index in [9.17, 15) is 0 Å². The molecule has 0 radical (unpaired) electrons. The first-order valence-corrected chi connectivity index (χ1v) is 7.14. The van der Waals surface area contributed by atoms with Crippen molar-refractivity contribution >= 4 is 23.1 Å². The van der Waals surface area contributed by atoms with E-state index in [0.717, 1.165) is 5.25 Å². The van der Waals surface area contributed by atoms with E-state index in [1.54, 1.807) is 0 Å². The van der Waals surface area contributed by atoms with Crippen molar-refractivity contribution in [2.24, 2.45) is 0 Å². The quantitative estimate of drug-likeness (QED) is 0.849. The van der Waals surface area contributed by atoms with Gasteiger partial charge in [-0.2, -0.15) is 11.8 Å². The Bertz CT molecular complexity index is 252. The summed E-state index contributed by atoms with van der Waals surface area (Å²) in [6, 6.07) is 5.06. The smallest absolute Gasteiger partial charge is 0.0231 e. The number of hydrogen-bond donors (Lipinski definition) is 1. The molecule has 1 saturated heterocycles. The molecule has 2 rings (SSSR count). The third-order valence-electron chi connectivity index (χ3n) is 2.79. The number of thiophene rings is 1. The Morgan fingerprint density at radius 3 is 3.14 bits per heavy atom. The van der Waals surface area contributed by atoms with Gasteiger partial charge in [0.25, 0.3) is 0 Å². The number of hydrogen-bond acceptors (Lipinski definition) is 3. The molecule has 1 aromatic heterocycles. The molecule has 2 heterocycles. The zero-order chi connectivity index (χ0) is 9.80. The van der Waals surface area contributed by atoms with Crippen LogP contribution >= 0.6 is 23.1 Å². The summed E-state index contributed by atoms with van der Waals surface area (Å²) in [6.07, 6.45) is 3.99. The van der Waals surface area contributed by atoms with Gasteiger partial charge >= 0.3 is 0 Å². The maximum Gasteiger partial charge on any atom is 0.0231 e. The van der Waals surface area contributed by atoms with Gasteiger partial charge in [-0.05, 0) is 43.5 Å². The van der Waals surface area contributed by atoms with Gasteiger partial charge in [-0.1, -0.05) is 6.07 Å². The monoisotopic (exact) mass is 227 g/mol. The van der Waals surface area contributed by atoms with Crippen LogP contribution in [-0.2, 0) is 6.42 Å². The lowest BCUT2D eigenvalue weighted by Gasteiger charge is -2.21. The van der Waals surface area contributed by atoms with Gasteiger partial charge in [-0.25, -0.2) is 0 Å². The minimum absolute atomic E-state index is 0.668. The Kier molecular flexibility index (Phi) is 3.90. The van der Waals surface area contributed by atoms with Crippen molar-refractivity contribution in [2.45, 2.75) is 30.6 Å². The summed E-state index contributed by atoms with van der Waals surface area (Å²) in [5.74, 6) is 1.35. The van der Waals surface area contributed by atoms with Crippen LogP contribution in [0.4, 0.5) is 0 Å². The van der Waals surface area contributed by atoms with E-state index in [2.05, 4.69) is 41.6 Å². The molecule has 1 aliphatic rings. The highest BCUT2D eigenvalue weighted by molar-refractivity contribution is 8.00. The number of thioether (sulfide) groups is 1. The van der Waals surface area contributed by atoms with Crippen LogP contribution in [0.15, 0.2) is 17.5 Å². The molecule has 3 heteroatoms. The van der Waals surface area contributed by atoms with Gasteiger partial charge in [-0.3, -0.25) is 0 Å². The van der Waals surface area contributed by atoms with Crippen molar-refractivity contribution in [3.05, 3.63) is 22.4 Å². The molecule has 2 unspecified atom stereocenters. The van der Waals surface area contributed by atoms with E-state index in [4.69, 9.17) is 0 Å². The fourth-order valence-corrected chi connectivity index (χ4v) is 4.18. The predicted molar refractivity (Wildman–Crippen MR) is 66.4 cm³/mol. The number of nitrogens with one attached hydrogen (secondary N) is 1. The van der Waals surface area contributed by atoms with Crippen molar-refractivity contribution < 1.29 is 0 Å². The minimum atomic E-state index is 0.668. The third-order valence-corrected chi connectivity index (χ3v) is 5.20. The molecule has 2 atom stereocenters. The second-order valence-corrected chi connectivity index (χ2v) is 6.11. The Morgan fingerprint density at radius 2 is 2.57 bits per heavy atom. The molecule has 1 N–H and O–H groups in total. The Morgan fingerprint density at radius 1 is 1.64 bits per heavy atom. The lowest BCUT2D eigenvalue weighted by Crippen LogP contribution is -2.36. The summed E-state index contributed by atoms with van der Waals surface area (Å²) >= 11 is 4.02. The topological polar surface area (TPSA) is 12.0 Å². The van der Waals surface area contributed by atoms with Gasteiger partial charge in [0, 0.05) is 16.2 Å². The van der Waals surface area contributed by atoms with E-state index >= 15 is 0 Å². The zero-order valence-corrected chi connectivity index (χ0v) is 10.2. The molecule has 0 bridgehead atoms. The standard InChI is InChI=1S/C11H17NS2/c1-12-10(11-5-3-7-14-11)8-9-4-2-6-13-9/h2,4,6,10-12H,3,5,7-8H2,1H3. The summed E-state index contributed by atoms with van der Waals surface area (Å²) in [7, 11) is 2.09. The molecular formula is C11H17NS2. The van der Waals surface area contributed by atoms with Gasteiger partial charge in [0.05, 0.1) is 0 Å². The van der Waals surface area contributed by atoms with E-state index in [1.807, 2.05) is 11.3 Å². The highest BCUT2D eigenvalue weighted by atomic mass is 32.2. The fraction of sp³-hybridized carbons (Fsp3) is 0.636. The maximum absolute atomic E-state index is 3.47. The van der Waals surface area contributed by atoms with E-state index in [1.165, 1.54) is 29.9 Å². The Hall–Kier alpha value is 0.01000. The van der Waals surface area contributed by atoms with Crippen molar-refractivity contribution in [3.8, 4) is 0 Å². The number of likely N-dealkylation sites (N-methyl/N-ethyl adjacent to an activating group) is 1. The van der Waals surface area contributed by atoms with E-state index in [0.29, 0.717) is 6.04 Å². The van der Waals surface area contributed by atoms with Crippen LogP contribution in [0.2, 0.25) is 0 Å². The molecule has 0 spiro atoms. The van der Waals surface area contributed by atoms with Gasteiger partial charge in [-0.15, -0.1) is 11.3 Å². The van der Waals surface area contributed by atoms with Crippen LogP contribution in [0.1, 0.15) is 17.7 Å². The van der Waals surface area contributed by atoms with Crippen molar-refractivity contribution in [1.82, 2.24) is 5.32 Å². The molecule has 1 aliphatic heterocycles. The molecular weight excluding hydrogens is 210 g/mol. The minimum Gasteiger partial charge on any atom is -0.316 e. The molecule has 1 fully saturated rings. The van der Waals surface area contributed by atoms with Crippen LogP contribution in [0, 0.1) is 0 Å². The lowest BCUT2D eigenvalue weighted by atomic mass is 10.1. The second-order valence-electron chi connectivity index (χ2n) is 3.73. The first kappa shape index (κ1) is 10.5. The van der Waals surface area contributed by atoms with Crippen LogP contribution in [0.3, 0.4) is 0 Å². The van der Waals surface area contributed by atoms with E-state index < -0.39 is 0 Å². The van der Waals surface area contributed by atoms with Crippen molar-refractivity contribution in [2.75, 3.05) is 12.8 Å². The number of rotatable bonds is 4. The summed E-state index contributed by atoms with van der Waals surface area (Å²) in [4.78, 5) is 1.51. The normalized spacial score (nSPS) is 23.9. The summed E-state index contributed by atoms with van der Waals surface area (Å²) in [5, 5.41) is 6.47. The summed E-state index contributed by atoms with van der Waals surface area (Å²) in [6.45, 7) is 0. The Balaban J connectivity index is 1.92. The average molecular weight is 227 g/mol. The van der Waals surface area contributed by atoms with Crippen LogP contribution < -0.4 is 5.32 Å². The lowest BCUT2D eigenvalue weighted by molar-refractivity contribution is 0.527. The molecule has 0 aliphatic carbocycles. The average Bonchev–Trinajstić information content (AvgIpc) is 2.86. The largest absolute Gasteiger partial charge is 0.316 e. The van der Waals surface area contributed by atoms with Gasteiger partial charge < -0.3 is 5.32 Å². The maximum atomic E-state index is 3.47. The highest BCUT2D eigenvalue weighted by Crippen LogP contribution is 2.30. The summed E-state index contributed by atoms with van der Waals surface area (Å²) < 4.78 is 0.